The predicted molar refractivity (Wildman–Crippen MR) is 60.1 cm³/mol. The second kappa shape index (κ2) is 3.49. The van der Waals surface area contributed by atoms with E-state index in [-0.39, 0.29) is 5.54 Å². The molecular formula is C12H24N2. The van der Waals surface area contributed by atoms with E-state index >= 15 is 0 Å². The van der Waals surface area contributed by atoms with Crippen molar-refractivity contribution < 1.29 is 0 Å². The summed E-state index contributed by atoms with van der Waals surface area (Å²) >= 11 is 0. The lowest BCUT2D eigenvalue weighted by atomic mass is 9.74. The van der Waals surface area contributed by atoms with Crippen LogP contribution in [0.3, 0.4) is 0 Å². The van der Waals surface area contributed by atoms with E-state index in [1.54, 1.807) is 0 Å². The van der Waals surface area contributed by atoms with Crippen molar-refractivity contribution in [2.75, 3.05) is 20.6 Å². The number of likely N-dealkylation sites (N-methyl/N-ethyl adjacent to an activating group) is 1. The summed E-state index contributed by atoms with van der Waals surface area (Å²) < 4.78 is 0. The lowest BCUT2D eigenvalue weighted by Crippen LogP contribution is -2.54. The third-order valence-corrected chi connectivity index (χ3v) is 4.97. The number of rotatable bonds is 3. The van der Waals surface area contributed by atoms with E-state index in [0.717, 1.165) is 24.3 Å². The van der Waals surface area contributed by atoms with E-state index in [1.165, 1.54) is 25.7 Å². The first-order chi connectivity index (χ1) is 6.58. The minimum atomic E-state index is 0.236. The van der Waals surface area contributed by atoms with Crippen molar-refractivity contribution in [1.29, 1.82) is 0 Å². The van der Waals surface area contributed by atoms with Crippen LogP contribution < -0.4 is 5.73 Å². The fraction of sp³-hybridized carbons (Fsp3) is 1.00. The smallest absolute Gasteiger partial charge is 0.0328 e. The Labute approximate surface area is 87.8 Å². The van der Waals surface area contributed by atoms with Crippen LogP contribution in [0, 0.1) is 17.8 Å². The molecule has 82 valence electrons. The summed E-state index contributed by atoms with van der Waals surface area (Å²) in [7, 11) is 4.36. The molecule has 0 heterocycles. The zero-order valence-electron chi connectivity index (χ0n) is 9.79. The summed E-state index contributed by atoms with van der Waals surface area (Å²) in [6.45, 7) is 3.15. The molecule has 0 amide bonds. The molecule has 0 spiro atoms. The summed E-state index contributed by atoms with van der Waals surface area (Å²) in [5, 5.41) is 0. The molecule has 2 aliphatic carbocycles. The zero-order valence-corrected chi connectivity index (χ0v) is 9.79. The van der Waals surface area contributed by atoms with Crippen LogP contribution in [0.15, 0.2) is 0 Å². The van der Waals surface area contributed by atoms with E-state index in [2.05, 4.69) is 25.9 Å². The van der Waals surface area contributed by atoms with Gasteiger partial charge in [-0.1, -0.05) is 6.42 Å². The fourth-order valence-electron chi connectivity index (χ4n) is 3.67. The molecular weight excluding hydrogens is 172 g/mol. The van der Waals surface area contributed by atoms with Gasteiger partial charge < -0.3 is 10.6 Å². The molecule has 0 radical (unpaired) electrons. The van der Waals surface area contributed by atoms with Crippen molar-refractivity contribution in [2.24, 2.45) is 23.5 Å². The first-order valence-electron chi connectivity index (χ1n) is 5.95. The fourth-order valence-corrected chi connectivity index (χ4v) is 3.67. The van der Waals surface area contributed by atoms with Gasteiger partial charge in [-0.3, -0.25) is 0 Å². The first-order valence-corrected chi connectivity index (χ1v) is 5.95. The van der Waals surface area contributed by atoms with Gasteiger partial charge in [0.05, 0.1) is 0 Å². The highest BCUT2D eigenvalue weighted by atomic mass is 15.2. The average molecular weight is 196 g/mol. The van der Waals surface area contributed by atoms with Gasteiger partial charge in [-0.05, 0) is 58.0 Å². The molecule has 2 aliphatic rings. The monoisotopic (exact) mass is 196 g/mol. The van der Waals surface area contributed by atoms with E-state index in [4.69, 9.17) is 5.73 Å². The third kappa shape index (κ3) is 1.40. The van der Waals surface area contributed by atoms with Gasteiger partial charge in [0.1, 0.15) is 0 Å². The molecule has 4 atom stereocenters. The van der Waals surface area contributed by atoms with Crippen LogP contribution in [-0.4, -0.2) is 31.1 Å². The van der Waals surface area contributed by atoms with Crippen molar-refractivity contribution in [2.45, 2.75) is 38.1 Å². The molecule has 0 aromatic heterocycles. The number of hydrogen-bond acceptors (Lipinski definition) is 2. The molecule has 2 saturated carbocycles. The van der Waals surface area contributed by atoms with Gasteiger partial charge in [-0.15, -0.1) is 0 Å². The second-order valence-electron chi connectivity index (χ2n) is 5.74. The minimum Gasteiger partial charge on any atom is -0.329 e. The number of nitrogens with zero attached hydrogens (tertiary/aromatic N) is 1. The average Bonchev–Trinajstić information content (AvgIpc) is 2.77. The molecule has 0 aliphatic heterocycles. The van der Waals surface area contributed by atoms with Gasteiger partial charge in [0.25, 0.3) is 0 Å². The molecule has 14 heavy (non-hydrogen) atoms. The van der Waals surface area contributed by atoms with Gasteiger partial charge in [0.15, 0.2) is 0 Å². The quantitative estimate of drug-likeness (QED) is 0.744. The van der Waals surface area contributed by atoms with Gasteiger partial charge in [0.2, 0.25) is 0 Å². The lowest BCUT2D eigenvalue weighted by molar-refractivity contribution is 0.0681. The van der Waals surface area contributed by atoms with Crippen molar-refractivity contribution >= 4 is 0 Å². The highest BCUT2D eigenvalue weighted by Crippen LogP contribution is 2.52. The van der Waals surface area contributed by atoms with Crippen LogP contribution >= 0.6 is 0 Å². The second-order valence-corrected chi connectivity index (χ2v) is 5.74. The van der Waals surface area contributed by atoms with Crippen LogP contribution in [0.1, 0.15) is 32.6 Å². The van der Waals surface area contributed by atoms with Crippen LogP contribution in [0.2, 0.25) is 0 Å². The summed E-state index contributed by atoms with van der Waals surface area (Å²) in [5.41, 5.74) is 6.21. The maximum atomic E-state index is 5.98. The summed E-state index contributed by atoms with van der Waals surface area (Å²) in [4.78, 5) is 2.35. The van der Waals surface area contributed by atoms with Gasteiger partial charge in [-0.2, -0.15) is 0 Å². The highest BCUT2D eigenvalue weighted by molar-refractivity contribution is 5.02. The topological polar surface area (TPSA) is 29.3 Å². The lowest BCUT2D eigenvalue weighted by Gasteiger charge is -2.44. The molecule has 2 rings (SSSR count). The number of fused-ring (bicyclic) bond motifs is 2. The molecule has 0 saturated heterocycles. The van der Waals surface area contributed by atoms with E-state index < -0.39 is 0 Å². The Morgan fingerprint density at radius 1 is 1.29 bits per heavy atom. The Morgan fingerprint density at radius 3 is 2.36 bits per heavy atom. The molecule has 4 unspecified atom stereocenters. The maximum absolute atomic E-state index is 5.98. The van der Waals surface area contributed by atoms with E-state index in [9.17, 15) is 0 Å². The van der Waals surface area contributed by atoms with E-state index in [0.29, 0.717) is 0 Å². The molecule has 2 heteroatoms. The highest BCUT2D eigenvalue weighted by Gasteiger charge is 2.48. The first kappa shape index (κ1) is 10.4. The van der Waals surface area contributed by atoms with E-state index in [1.807, 2.05) is 0 Å². The summed E-state index contributed by atoms with van der Waals surface area (Å²) in [6.07, 6.45) is 5.85. The number of hydrogen-bond donors (Lipinski definition) is 1. The Balaban J connectivity index is 2.13. The molecule has 0 aromatic rings. The number of nitrogens with two attached hydrogens (primary N) is 1. The van der Waals surface area contributed by atoms with Crippen LogP contribution in [0.25, 0.3) is 0 Å². The summed E-state index contributed by atoms with van der Waals surface area (Å²) in [6, 6.07) is 0. The molecule has 2 N–H and O–H groups in total. The Bertz CT molecular complexity index is 214. The standard InChI is InChI=1S/C12H24N2/c1-12(8-13,14(2)3)11-7-9-4-5-10(11)6-9/h9-11H,4-8,13H2,1-3H3. The SMILES string of the molecule is CN(C)C(C)(CN)C1CC2CCC1C2. The Hall–Kier alpha value is -0.0800. The van der Waals surface area contributed by atoms with Crippen LogP contribution in [0.4, 0.5) is 0 Å². The van der Waals surface area contributed by atoms with Crippen LogP contribution in [0.5, 0.6) is 0 Å². The maximum Gasteiger partial charge on any atom is 0.0328 e. The summed E-state index contributed by atoms with van der Waals surface area (Å²) in [5.74, 6) is 2.84. The molecule has 2 fully saturated rings. The van der Waals surface area contributed by atoms with Crippen molar-refractivity contribution in [3.05, 3.63) is 0 Å². The Kier molecular flexibility index (Phi) is 2.61. The Morgan fingerprint density at radius 2 is 2.00 bits per heavy atom. The molecule has 2 bridgehead atoms. The third-order valence-electron chi connectivity index (χ3n) is 4.97. The molecule has 0 aromatic carbocycles. The largest absolute Gasteiger partial charge is 0.329 e. The predicted octanol–water partition coefficient (Wildman–Crippen LogP) is 1.70. The minimum absolute atomic E-state index is 0.236. The normalized spacial score (nSPS) is 40.5. The van der Waals surface area contributed by atoms with Crippen molar-refractivity contribution in [1.82, 2.24) is 4.90 Å². The van der Waals surface area contributed by atoms with Crippen molar-refractivity contribution in [3.8, 4) is 0 Å². The van der Waals surface area contributed by atoms with Gasteiger partial charge in [-0.25, -0.2) is 0 Å². The zero-order chi connectivity index (χ0) is 10.3. The van der Waals surface area contributed by atoms with Crippen LogP contribution in [-0.2, 0) is 0 Å². The molecule has 2 nitrogen and oxygen atoms in total. The van der Waals surface area contributed by atoms with Gasteiger partial charge in [0, 0.05) is 12.1 Å². The van der Waals surface area contributed by atoms with Gasteiger partial charge >= 0.3 is 0 Å². The van der Waals surface area contributed by atoms with Crippen molar-refractivity contribution in [3.63, 3.8) is 0 Å².